The molecule has 16 nitrogen and oxygen atoms in total. The van der Waals surface area contributed by atoms with Crippen LogP contribution < -0.4 is 26.8 Å². The molecule has 0 radical (unpaired) electrons. The van der Waals surface area contributed by atoms with Crippen molar-refractivity contribution in [2.45, 2.75) is 31.5 Å². The number of amides is 3. The second kappa shape index (κ2) is 13.1. The molecule has 0 saturated heterocycles. The van der Waals surface area contributed by atoms with Crippen molar-refractivity contribution in [2.24, 2.45) is 0 Å². The fourth-order valence-electron chi connectivity index (χ4n) is 3.44. The predicted octanol–water partition coefficient (Wildman–Crippen LogP) is -1.08. The first-order valence-corrected chi connectivity index (χ1v) is 12.2. The van der Waals surface area contributed by atoms with Gasteiger partial charge in [0.2, 0.25) is 18.3 Å². The third-order valence-corrected chi connectivity index (χ3v) is 5.85. The maximum atomic E-state index is 12.6. The van der Waals surface area contributed by atoms with Crippen LogP contribution in [-0.4, -0.2) is 78.1 Å². The number of nitrogens with zero attached hydrogens (tertiary/aromatic N) is 4. The predicted molar refractivity (Wildman–Crippen MR) is 143 cm³/mol. The molecule has 0 bridgehead atoms. The number of carbonyl (C=O) groups is 5. The summed E-state index contributed by atoms with van der Waals surface area (Å²) in [6, 6.07) is 2.95. The van der Waals surface area contributed by atoms with Gasteiger partial charge in [-0.1, -0.05) is 0 Å². The topological polar surface area (TPSA) is 251 Å². The van der Waals surface area contributed by atoms with E-state index in [4.69, 9.17) is 10.8 Å². The number of nitrogen functional groups attached to an aromatic ring is 1. The van der Waals surface area contributed by atoms with Crippen LogP contribution in [0.1, 0.15) is 28.9 Å². The monoisotopic (exact) mass is 572 g/mol. The van der Waals surface area contributed by atoms with Crippen molar-refractivity contribution >= 4 is 65.6 Å². The number of nitrogens with one attached hydrogen (secondary N) is 3. The fraction of sp³-hybridized carbons (Fsp3) is 0.261. The lowest BCUT2D eigenvalue weighted by atomic mass is 10.1. The molecule has 2 aromatic heterocycles. The Kier molecular flexibility index (Phi) is 9.69. The van der Waals surface area contributed by atoms with Crippen molar-refractivity contribution in [2.75, 3.05) is 16.4 Å². The second-order valence-electron chi connectivity index (χ2n) is 8.31. The Morgan fingerprint density at radius 3 is 2.35 bits per heavy atom. The van der Waals surface area contributed by atoms with E-state index >= 15 is 0 Å². The van der Waals surface area contributed by atoms with Crippen molar-refractivity contribution in [1.29, 1.82) is 0 Å². The summed E-state index contributed by atoms with van der Waals surface area (Å²) < 4.78 is 0. The highest BCUT2D eigenvalue weighted by Gasteiger charge is 2.24. The number of anilines is 2. The number of aliphatic carboxylic acids is 2. The first-order chi connectivity index (χ1) is 19.0. The number of rotatable bonds is 13. The Hall–Kier alpha value is -5.06. The number of carboxylic acid groups (broad SMARTS) is 2. The summed E-state index contributed by atoms with van der Waals surface area (Å²) in [5, 5.41) is 22.9. The Morgan fingerprint density at radius 2 is 1.75 bits per heavy atom. The summed E-state index contributed by atoms with van der Waals surface area (Å²) >= 11 is 3.83. The Morgan fingerprint density at radius 1 is 1.07 bits per heavy atom. The minimum atomic E-state index is -1.43. The number of carboxylic acids is 2. The van der Waals surface area contributed by atoms with Crippen LogP contribution >= 0.6 is 12.6 Å². The van der Waals surface area contributed by atoms with Gasteiger partial charge in [-0.05, 0) is 30.7 Å². The first-order valence-electron chi connectivity index (χ1n) is 11.5. The van der Waals surface area contributed by atoms with E-state index in [9.17, 15) is 33.9 Å². The van der Waals surface area contributed by atoms with Crippen LogP contribution in [0.2, 0.25) is 0 Å². The van der Waals surface area contributed by atoms with Gasteiger partial charge in [-0.15, -0.1) is 0 Å². The third kappa shape index (κ3) is 7.50. The number of benzene rings is 1. The van der Waals surface area contributed by atoms with E-state index in [0.717, 1.165) is 0 Å². The first kappa shape index (κ1) is 29.5. The summed E-state index contributed by atoms with van der Waals surface area (Å²) in [7, 11) is 0. The maximum absolute atomic E-state index is 12.6. The number of nitrogens with two attached hydrogens (primary N) is 1. The summed E-state index contributed by atoms with van der Waals surface area (Å²) in [5.41, 5.74) is 5.60. The molecule has 1 aromatic carbocycles. The van der Waals surface area contributed by atoms with Gasteiger partial charge in [-0.25, -0.2) is 19.6 Å². The molecule has 2 heterocycles. The van der Waals surface area contributed by atoms with Gasteiger partial charge >= 0.3 is 11.9 Å². The zero-order chi connectivity index (χ0) is 29.4. The van der Waals surface area contributed by atoms with Gasteiger partial charge in [0.1, 0.15) is 12.1 Å². The van der Waals surface area contributed by atoms with Crippen LogP contribution in [0.25, 0.3) is 11.2 Å². The van der Waals surface area contributed by atoms with Crippen LogP contribution in [0, 0.1) is 0 Å². The minimum absolute atomic E-state index is 0.0421. The van der Waals surface area contributed by atoms with Crippen LogP contribution in [-0.2, 0) is 25.7 Å². The molecule has 0 aliphatic carbocycles. The quantitative estimate of drug-likeness (QED) is 0.0954. The highest BCUT2D eigenvalue weighted by atomic mass is 32.1. The number of aromatic amines is 1. The van der Waals surface area contributed by atoms with E-state index in [2.05, 4.69) is 43.2 Å². The van der Waals surface area contributed by atoms with Gasteiger partial charge in [0.15, 0.2) is 11.2 Å². The van der Waals surface area contributed by atoms with Crippen molar-refractivity contribution in [3.8, 4) is 0 Å². The number of aromatic nitrogens is 4. The normalized spacial score (nSPS) is 12.2. The molecule has 17 heteroatoms. The fourth-order valence-corrected chi connectivity index (χ4v) is 3.69. The largest absolute Gasteiger partial charge is 0.480 e. The van der Waals surface area contributed by atoms with E-state index in [1.54, 1.807) is 0 Å². The minimum Gasteiger partial charge on any atom is -0.480 e. The molecule has 3 rings (SSSR count). The van der Waals surface area contributed by atoms with Gasteiger partial charge in [-0.3, -0.25) is 24.2 Å². The number of H-pyrrole nitrogens is 1. The summed E-state index contributed by atoms with van der Waals surface area (Å²) in [6.45, 7) is -0.0685. The van der Waals surface area contributed by atoms with E-state index in [1.807, 2.05) is 0 Å². The lowest BCUT2D eigenvalue weighted by molar-refractivity contribution is -0.142. The van der Waals surface area contributed by atoms with Gasteiger partial charge < -0.3 is 31.5 Å². The molecular formula is C23H24N8O8S. The summed E-state index contributed by atoms with van der Waals surface area (Å²) in [6.07, 6.45) is 1.20. The van der Waals surface area contributed by atoms with Gasteiger partial charge in [0, 0.05) is 23.4 Å². The molecule has 0 aliphatic heterocycles. The number of thiol groups is 1. The standard InChI is InChI=1S/C23H24N8O8S/c24-23-29-18-17(20(35)30-23)26-12(7-25-18)8-31(10-32)13-3-1-11(2-4-13)19(34)28-14(21(36)37)5-6-16(33)27-15(9-40)22(38)39/h1-4,7,10,14-15,40H,5-6,8-9H2,(H,27,33)(H,28,34)(H,36,37)(H,38,39)(H3,24,25,29,30,35). The number of carbonyl (C=O) groups excluding carboxylic acids is 3. The summed E-state index contributed by atoms with van der Waals surface area (Å²) in [5.74, 6) is -4.39. The van der Waals surface area contributed by atoms with Gasteiger partial charge in [0.25, 0.3) is 11.5 Å². The van der Waals surface area contributed by atoms with Crippen LogP contribution in [0.4, 0.5) is 11.6 Å². The molecule has 7 N–H and O–H groups in total. The van der Waals surface area contributed by atoms with Crippen LogP contribution in [0.15, 0.2) is 35.3 Å². The molecule has 2 atom stereocenters. The molecule has 2 unspecified atom stereocenters. The molecular weight excluding hydrogens is 548 g/mol. The number of fused-ring (bicyclic) bond motifs is 1. The smallest absolute Gasteiger partial charge is 0.327 e. The molecule has 210 valence electrons. The van der Waals surface area contributed by atoms with Crippen molar-refractivity contribution < 1.29 is 34.2 Å². The lowest BCUT2D eigenvalue weighted by Crippen LogP contribution is -2.44. The van der Waals surface area contributed by atoms with Gasteiger partial charge in [-0.2, -0.15) is 17.6 Å². The summed E-state index contributed by atoms with van der Waals surface area (Å²) in [4.78, 5) is 86.7. The highest BCUT2D eigenvalue weighted by molar-refractivity contribution is 7.80. The van der Waals surface area contributed by atoms with Crippen LogP contribution in [0.3, 0.4) is 0 Å². The zero-order valence-corrected chi connectivity index (χ0v) is 21.5. The molecule has 0 fully saturated rings. The third-order valence-electron chi connectivity index (χ3n) is 5.49. The number of hydrogen-bond donors (Lipinski definition) is 7. The average molecular weight is 573 g/mol. The molecule has 40 heavy (non-hydrogen) atoms. The molecule has 0 saturated carbocycles. The average Bonchev–Trinajstić information content (AvgIpc) is 2.92. The SMILES string of the molecule is Nc1nc2ncc(CN(C=O)c3ccc(C(=O)NC(CCC(=O)NC(CS)C(=O)O)C(=O)O)cc3)nc2c(=O)[nH]1. The Bertz CT molecular complexity index is 1500. The van der Waals surface area contributed by atoms with Gasteiger partial charge in [0.05, 0.1) is 18.4 Å². The van der Waals surface area contributed by atoms with E-state index in [1.165, 1.54) is 35.4 Å². The Balaban J connectivity index is 1.64. The Labute approximate surface area is 230 Å². The zero-order valence-electron chi connectivity index (χ0n) is 20.6. The molecule has 0 aliphatic rings. The molecule has 3 aromatic rings. The van der Waals surface area contributed by atoms with E-state index in [0.29, 0.717) is 12.1 Å². The van der Waals surface area contributed by atoms with E-state index < -0.39 is 41.4 Å². The molecule has 0 spiro atoms. The second-order valence-corrected chi connectivity index (χ2v) is 8.67. The van der Waals surface area contributed by atoms with Crippen LogP contribution in [0.5, 0.6) is 0 Å². The number of hydrogen-bond acceptors (Lipinski definition) is 11. The molecule has 3 amide bonds. The van der Waals surface area contributed by atoms with Crippen molar-refractivity contribution in [3.05, 3.63) is 52.1 Å². The highest BCUT2D eigenvalue weighted by Crippen LogP contribution is 2.17. The van der Waals surface area contributed by atoms with Crippen molar-refractivity contribution in [3.63, 3.8) is 0 Å². The van der Waals surface area contributed by atoms with Crippen molar-refractivity contribution in [1.82, 2.24) is 30.6 Å². The maximum Gasteiger partial charge on any atom is 0.327 e. The van der Waals surface area contributed by atoms with E-state index in [-0.39, 0.29) is 53.5 Å². The lowest BCUT2D eigenvalue weighted by Gasteiger charge is -2.18.